The van der Waals surface area contributed by atoms with Gasteiger partial charge in [-0.25, -0.2) is 9.97 Å². The minimum Gasteiger partial charge on any atom is -0.507 e. The number of nitrogens with zero attached hydrogens (tertiary/aromatic N) is 3. The molecule has 9 heteroatoms. The smallest absolute Gasteiger partial charge is 0.316 e. The molecular weight excluding hydrogens is 392 g/mol. The van der Waals surface area contributed by atoms with E-state index < -0.39 is 12.6 Å². The molecular formula is C20H14N4O4S. The summed E-state index contributed by atoms with van der Waals surface area (Å²) in [5, 5.41) is 19.9. The molecule has 0 saturated carbocycles. The van der Waals surface area contributed by atoms with Gasteiger partial charge in [-0.05, 0) is 24.3 Å². The summed E-state index contributed by atoms with van der Waals surface area (Å²) in [5.74, 6) is -0.798. The number of aliphatic hydroxyl groups excluding tert-OH is 1. The van der Waals surface area contributed by atoms with E-state index in [1.807, 2.05) is 36.4 Å². The van der Waals surface area contributed by atoms with Crippen LogP contribution in [0.3, 0.4) is 0 Å². The number of esters is 1. The SMILES string of the molecule is N#C/C(=C(/O)COC(=O)CSc1nc2ccccc2o1)c1nc2ccccc2[nH]1. The molecule has 0 aliphatic carbocycles. The van der Waals surface area contributed by atoms with E-state index in [0.29, 0.717) is 21.8 Å². The second-order valence-corrected chi connectivity index (χ2v) is 6.86. The number of aromatic nitrogens is 3. The summed E-state index contributed by atoms with van der Waals surface area (Å²) in [7, 11) is 0. The van der Waals surface area contributed by atoms with Gasteiger partial charge in [0.15, 0.2) is 17.2 Å². The highest BCUT2D eigenvalue weighted by Gasteiger charge is 2.16. The van der Waals surface area contributed by atoms with E-state index in [0.717, 1.165) is 17.3 Å². The summed E-state index contributed by atoms with van der Waals surface area (Å²) in [6, 6.07) is 16.4. The van der Waals surface area contributed by atoms with E-state index in [4.69, 9.17) is 9.15 Å². The number of para-hydroxylation sites is 4. The second kappa shape index (κ2) is 8.08. The fourth-order valence-corrected chi connectivity index (χ4v) is 3.26. The molecule has 0 aliphatic heterocycles. The van der Waals surface area contributed by atoms with Gasteiger partial charge in [0.25, 0.3) is 5.22 Å². The molecule has 0 bridgehead atoms. The number of carbonyl (C=O) groups excluding carboxylic acids is 1. The Labute approximate surface area is 168 Å². The van der Waals surface area contributed by atoms with Crippen molar-refractivity contribution in [2.75, 3.05) is 12.4 Å². The number of thioether (sulfide) groups is 1. The predicted molar refractivity (Wildman–Crippen MR) is 107 cm³/mol. The lowest BCUT2D eigenvalue weighted by atomic mass is 10.2. The van der Waals surface area contributed by atoms with Crippen LogP contribution in [-0.4, -0.2) is 38.4 Å². The average Bonchev–Trinajstić information content (AvgIpc) is 3.34. The lowest BCUT2D eigenvalue weighted by Gasteiger charge is -2.04. The molecule has 144 valence electrons. The van der Waals surface area contributed by atoms with Gasteiger partial charge in [-0.1, -0.05) is 36.0 Å². The first-order valence-corrected chi connectivity index (χ1v) is 9.54. The van der Waals surface area contributed by atoms with Crippen molar-refractivity contribution in [3.05, 3.63) is 60.1 Å². The van der Waals surface area contributed by atoms with Gasteiger partial charge >= 0.3 is 5.97 Å². The van der Waals surface area contributed by atoms with Crippen LogP contribution in [0.2, 0.25) is 0 Å². The van der Waals surface area contributed by atoms with Crippen LogP contribution >= 0.6 is 11.8 Å². The normalized spacial score (nSPS) is 12.0. The number of carbonyl (C=O) groups is 1. The molecule has 0 radical (unpaired) electrons. The van der Waals surface area contributed by atoms with Crippen molar-refractivity contribution in [3.8, 4) is 6.07 Å². The van der Waals surface area contributed by atoms with Crippen molar-refractivity contribution in [2.24, 2.45) is 0 Å². The Morgan fingerprint density at radius 2 is 1.93 bits per heavy atom. The molecule has 4 aromatic rings. The summed E-state index contributed by atoms with van der Waals surface area (Å²) in [6.45, 7) is -0.438. The van der Waals surface area contributed by atoms with E-state index in [-0.39, 0.29) is 22.9 Å². The maximum absolute atomic E-state index is 12.0. The number of hydrogen-bond acceptors (Lipinski definition) is 8. The number of allylic oxidation sites excluding steroid dienone is 1. The first-order chi connectivity index (χ1) is 14.1. The van der Waals surface area contributed by atoms with Crippen molar-refractivity contribution in [1.82, 2.24) is 15.0 Å². The molecule has 0 fully saturated rings. The monoisotopic (exact) mass is 406 g/mol. The molecule has 29 heavy (non-hydrogen) atoms. The zero-order chi connectivity index (χ0) is 20.2. The number of oxazole rings is 1. The van der Waals surface area contributed by atoms with E-state index >= 15 is 0 Å². The van der Waals surface area contributed by atoms with Crippen LogP contribution in [-0.2, 0) is 9.53 Å². The summed E-state index contributed by atoms with van der Waals surface area (Å²) in [5.41, 5.74) is 2.65. The van der Waals surface area contributed by atoms with Crippen molar-refractivity contribution >= 4 is 45.4 Å². The topological polar surface area (TPSA) is 125 Å². The van der Waals surface area contributed by atoms with Crippen LogP contribution in [0, 0.1) is 11.3 Å². The first-order valence-electron chi connectivity index (χ1n) is 8.55. The molecule has 0 atom stereocenters. The number of ether oxygens (including phenoxy) is 1. The van der Waals surface area contributed by atoms with Gasteiger partial charge in [0.2, 0.25) is 0 Å². The van der Waals surface area contributed by atoms with Crippen LogP contribution in [0.4, 0.5) is 0 Å². The summed E-state index contributed by atoms with van der Waals surface area (Å²) < 4.78 is 10.6. The van der Waals surface area contributed by atoms with Crippen LogP contribution in [0.25, 0.3) is 27.7 Å². The standard InChI is InChI=1S/C20H14N4O4S/c21-9-12(19-22-13-5-1-2-6-14(13)23-19)16(25)10-27-18(26)11-29-20-24-15-7-3-4-8-17(15)28-20/h1-8,25H,10-11H2,(H,22,23)/b16-12-. The lowest BCUT2D eigenvalue weighted by molar-refractivity contribution is -0.140. The maximum atomic E-state index is 12.0. The minimum absolute atomic E-state index is 0.0490. The van der Waals surface area contributed by atoms with Gasteiger partial charge in [0.05, 0.1) is 11.0 Å². The Balaban J connectivity index is 1.38. The number of fused-ring (bicyclic) bond motifs is 2. The van der Waals surface area contributed by atoms with Crippen LogP contribution < -0.4 is 0 Å². The predicted octanol–water partition coefficient (Wildman–Crippen LogP) is 3.83. The highest BCUT2D eigenvalue weighted by Crippen LogP contribution is 2.23. The Kier molecular flexibility index (Phi) is 5.18. The van der Waals surface area contributed by atoms with E-state index in [9.17, 15) is 15.2 Å². The molecule has 0 aliphatic rings. The molecule has 0 saturated heterocycles. The third kappa shape index (κ3) is 4.07. The molecule has 0 unspecified atom stereocenters. The van der Waals surface area contributed by atoms with E-state index in [1.54, 1.807) is 18.2 Å². The molecule has 0 spiro atoms. The van der Waals surface area contributed by atoms with Crippen LogP contribution in [0.15, 0.2) is 63.9 Å². The van der Waals surface area contributed by atoms with Gasteiger partial charge in [-0.3, -0.25) is 4.79 Å². The number of benzene rings is 2. The number of rotatable bonds is 6. The quantitative estimate of drug-likeness (QED) is 0.214. The fraction of sp³-hybridized carbons (Fsp3) is 0.100. The highest BCUT2D eigenvalue weighted by atomic mass is 32.2. The maximum Gasteiger partial charge on any atom is 0.316 e. The molecule has 2 heterocycles. The Morgan fingerprint density at radius 1 is 1.17 bits per heavy atom. The summed E-state index contributed by atoms with van der Waals surface area (Å²) in [6.07, 6.45) is 0. The number of aliphatic hydroxyl groups is 1. The van der Waals surface area contributed by atoms with E-state index in [2.05, 4.69) is 15.0 Å². The van der Waals surface area contributed by atoms with Crippen LogP contribution in [0.5, 0.6) is 0 Å². The van der Waals surface area contributed by atoms with Crippen LogP contribution in [0.1, 0.15) is 5.82 Å². The molecule has 0 amide bonds. The Morgan fingerprint density at radius 3 is 2.69 bits per heavy atom. The van der Waals surface area contributed by atoms with Gasteiger partial charge in [0.1, 0.15) is 29.5 Å². The second-order valence-electron chi connectivity index (χ2n) is 5.93. The summed E-state index contributed by atoms with van der Waals surface area (Å²) in [4.78, 5) is 23.5. The van der Waals surface area contributed by atoms with Crippen molar-refractivity contribution in [2.45, 2.75) is 5.22 Å². The molecule has 2 aromatic carbocycles. The van der Waals surface area contributed by atoms with Gasteiger partial charge in [-0.15, -0.1) is 0 Å². The van der Waals surface area contributed by atoms with Gasteiger partial charge in [0, 0.05) is 0 Å². The van der Waals surface area contributed by atoms with Crippen molar-refractivity contribution in [3.63, 3.8) is 0 Å². The molecule has 8 nitrogen and oxygen atoms in total. The lowest BCUT2D eigenvalue weighted by Crippen LogP contribution is -2.11. The average molecular weight is 406 g/mol. The Hall–Kier alpha value is -3.77. The number of nitrogens with one attached hydrogen (secondary N) is 1. The number of H-pyrrole nitrogens is 1. The zero-order valence-electron chi connectivity index (χ0n) is 15.0. The third-order valence-electron chi connectivity index (χ3n) is 3.98. The highest BCUT2D eigenvalue weighted by molar-refractivity contribution is 7.99. The van der Waals surface area contributed by atoms with Crippen molar-refractivity contribution < 1.29 is 19.1 Å². The molecule has 2 N–H and O–H groups in total. The number of nitriles is 1. The fourth-order valence-electron chi connectivity index (χ4n) is 2.62. The molecule has 4 rings (SSSR count). The largest absolute Gasteiger partial charge is 0.507 e. The third-order valence-corrected chi connectivity index (χ3v) is 4.79. The van der Waals surface area contributed by atoms with Gasteiger partial charge < -0.3 is 19.2 Å². The first kappa shape index (κ1) is 18.6. The van der Waals surface area contributed by atoms with E-state index in [1.165, 1.54) is 0 Å². The number of hydrogen-bond donors (Lipinski definition) is 2. The van der Waals surface area contributed by atoms with Gasteiger partial charge in [-0.2, -0.15) is 5.26 Å². The summed E-state index contributed by atoms with van der Waals surface area (Å²) >= 11 is 1.09. The van der Waals surface area contributed by atoms with Crippen molar-refractivity contribution in [1.29, 1.82) is 5.26 Å². The number of imidazole rings is 1. The zero-order valence-corrected chi connectivity index (χ0v) is 15.8. The molecule has 2 aromatic heterocycles. The minimum atomic E-state index is -0.578. The number of aromatic amines is 1. The Bertz CT molecular complexity index is 1200.